The van der Waals surface area contributed by atoms with Crippen molar-refractivity contribution in [3.63, 3.8) is 0 Å². The van der Waals surface area contributed by atoms with Gasteiger partial charge in [0.15, 0.2) is 0 Å². The zero-order valence-electron chi connectivity index (χ0n) is 10.5. The summed E-state index contributed by atoms with van der Waals surface area (Å²) in [5, 5.41) is 3.80. The van der Waals surface area contributed by atoms with Crippen LogP contribution in [-0.4, -0.2) is 12.6 Å². The molecular formula is C14H27N. The zero-order chi connectivity index (χ0) is 10.7. The third-order valence-corrected chi connectivity index (χ3v) is 4.68. The largest absolute Gasteiger partial charge is 0.314 e. The summed E-state index contributed by atoms with van der Waals surface area (Å²) in [5.41, 5.74) is 0. The Morgan fingerprint density at radius 1 is 1.20 bits per heavy atom. The number of hydrogen-bond donors (Lipinski definition) is 1. The van der Waals surface area contributed by atoms with Crippen molar-refractivity contribution in [3.05, 3.63) is 0 Å². The van der Waals surface area contributed by atoms with E-state index in [0.29, 0.717) is 0 Å². The second-order valence-corrected chi connectivity index (χ2v) is 5.74. The lowest BCUT2D eigenvalue weighted by Crippen LogP contribution is -2.34. The molecule has 0 aliphatic heterocycles. The van der Waals surface area contributed by atoms with Crippen LogP contribution in [0.15, 0.2) is 0 Å². The van der Waals surface area contributed by atoms with Gasteiger partial charge in [-0.3, -0.25) is 0 Å². The maximum Gasteiger partial charge on any atom is 0.00644 e. The first-order valence-corrected chi connectivity index (χ1v) is 7.06. The average molecular weight is 209 g/mol. The first-order valence-electron chi connectivity index (χ1n) is 7.06. The van der Waals surface area contributed by atoms with Crippen LogP contribution in [0.1, 0.15) is 58.8 Å². The molecule has 0 heterocycles. The van der Waals surface area contributed by atoms with Crippen LogP contribution in [0.4, 0.5) is 0 Å². The normalized spacial score (nSPS) is 36.0. The van der Waals surface area contributed by atoms with Crippen molar-refractivity contribution in [1.29, 1.82) is 0 Å². The molecule has 88 valence electrons. The molecule has 1 heteroatoms. The number of nitrogens with one attached hydrogen (secondary N) is 1. The highest BCUT2D eigenvalue weighted by Gasteiger charge is 2.39. The van der Waals surface area contributed by atoms with Gasteiger partial charge in [0.25, 0.3) is 0 Å². The molecule has 0 aromatic carbocycles. The quantitative estimate of drug-likeness (QED) is 0.705. The molecule has 2 aliphatic carbocycles. The van der Waals surface area contributed by atoms with Gasteiger partial charge in [0, 0.05) is 6.04 Å². The molecule has 4 atom stereocenters. The van der Waals surface area contributed by atoms with Crippen LogP contribution in [0.2, 0.25) is 0 Å². The minimum Gasteiger partial charge on any atom is -0.314 e. The van der Waals surface area contributed by atoms with E-state index in [2.05, 4.69) is 19.2 Å². The zero-order valence-corrected chi connectivity index (χ0v) is 10.5. The highest BCUT2D eigenvalue weighted by atomic mass is 14.9. The van der Waals surface area contributed by atoms with Gasteiger partial charge >= 0.3 is 0 Å². The summed E-state index contributed by atoms with van der Waals surface area (Å²) >= 11 is 0. The summed E-state index contributed by atoms with van der Waals surface area (Å²) in [6, 6.07) is 0.786. The molecular weight excluding hydrogens is 182 g/mol. The number of fused-ring (bicyclic) bond motifs is 2. The highest BCUT2D eigenvalue weighted by Crippen LogP contribution is 2.47. The molecule has 4 unspecified atom stereocenters. The molecule has 15 heavy (non-hydrogen) atoms. The first kappa shape index (κ1) is 11.4. The molecule has 2 rings (SSSR count). The van der Waals surface area contributed by atoms with Gasteiger partial charge in [-0.1, -0.05) is 26.7 Å². The van der Waals surface area contributed by atoms with E-state index < -0.39 is 0 Å². The van der Waals surface area contributed by atoms with Gasteiger partial charge < -0.3 is 5.32 Å². The molecule has 2 aliphatic rings. The smallest absolute Gasteiger partial charge is 0.00644 e. The van der Waals surface area contributed by atoms with Crippen molar-refractivity contribution in [1.82, 2.24) is 5.32 Å². The fraction of sp³-hybridized carbons (Fsp3) is 1.00. The van der Waals surface area contributed by atoms with E-state index in [1.165, 1.54) is 45.1 Å². The fourth-order valence-electron chi connectivity index (χ4n) is 3.74. The van der Waals surface area contributed by atoms with E-state index in [9.17, 15) is 0 Å². The monoisotopic (exact) mass is 209 g/mol. The fourth-order valence-corrected chi connectivity index (χ4v) is 3.74. The molecule has 0 amide bonds. The third kappa shape index (κ3) is 2.75. The molecule has 0 saturated heterocycles. The van der Waals surface area contributed by atoms with Gasteiger partial charge in [-0.2, -0.15) is 0 Å². The predicted molar refractivity (Wildman–Crippen MR) is 65.9 cm³/mol. The summed E-state index contributed by atoms with van der Waals surface area (Å²) in [5.74, 6) is 3.21. The summed E-state index contributed by atoms with van der Waals surface area (Å²) in [6.45, 7) is 5.91. The third-order valence-electron chi connectivity index (χ3n) is 4.68. The van der Waals surface area contributed by atoms with Crippen molar-refractivity contribution >= 4 is 0 Å². The Morgan fingerprint density at radius 2 is 2.07 bits per heavy atom. The van der Waals surface area contributed by atoms with Gasteiger partial charge in [-0.25, -0.2) is 0 Å². The predicted octanol–water partition coefficient (Wildman–Crippen LogP) is 3.59. The Hall–Kier alpha value is -0.0400. The molecule has 2 bridgehead atoms. The van der Waals surface area contributed by atoms with E-state index in [1.54, 1.807) is 6.42 Å². The SMILES string of the molecule is CCCC(CC)NCC1CC2CCC1C2. The molecule has 1 N–H and O–H groups in total. The summed E-state index contributed by atoms with van der Waals surface area (Å²) in [7, 11) is 0. The van der Waals surface area contributed by atoms with Gasteiger partial charge in [0.2, 0.25) is 0 Å². The lowest BCUT2D eigenvalue weighted by molar-refractivity contribution is 0.299. The lowest BCUT2D eigenvalue weighted by atomic mass is 9.88. The van der Waals surface area contributed by atoms with Crippen LogP contribution >= 0.6 is 0 Å². The van der Waals surface area contributed by atoms with E-state index in [0.717, 1.165) is 23.8 Å². The van der Waals surface area contributed by atoms with Crippen molar-refractivity contribution in [2.45, 2.75) is 64.8 Å². The maximum absolute atomic E-state index is 3.80. The molecule has 2 fully saturated rings. The van der Waals surface area contributed by atoms with Crippen LogP contribution in [0, 0.1) is 17.8 Å². The van der Waals surface area contributed by atoms with Crippen LogP contribution in [-0.2, 0) is 0 Å². The van der Waals surface area contributed by atoms with Crippen LogP contribution < -0.4 is 5.32 Å². The Kier molecular flexibility index (Phi) is 4.07. The van der Waals surface area contributed by atoms with Gasteiger partial charge in [0.05, 0.1) is 0 Å². The molecule has 0 aromatic heterocycles. The Morgan fingerprint density at radius 3 is 2.60 bits per heavy atom. The Bertz CT molecular complexity index is 190. The second kappa shape index (κ2) is 5.34. The van der Waals surface area contributed by atoms with Gasteiger partial charge in [-0.05, 0) is 56.4 Å². The van der Waals surface area contributed by atoms with Crippen LogP contribution in [0.25, 0.3) is 0 Å². The van der Waals surface area contributed by atoms with E-state index in [1.807, 2.05) is 0 Å². The summed E-state index contributed by atoms with van der Waals surface area (Å²) < 4.78 is 0. The number of hydrogen-bond acceptors (Lipinski definition) is 1. The minimum atomic E-state index is 0.786. The van der Waals surface area contributed by atoms with Crippen molar-refractivity contribution in [2.75, 3.05) is 6.54 Å². The average Bonchev–Trinajstić information content (AvgIpc) is 2.85. The molecule has 2 saturated carbocycles. The van der Waals surface area contributed by atoms with Crippen LogP contribution in [0.3, 0.4) is 0 Å². The standard InChI is InChI=1S/C14H27N/c1-3-5-14(4-2)15-10-13-9-11-6-7-12(13)8-11/h11-15H,3-10H2,1-2H3. The number of rotatable bonds is 6. The van der Waals surface area contributed by atoms with Crippen molar-refractivity contribution in [2.24, 2.45) is 17.8 Å². The maximum atomic E-state index is 3.80. The van der Waals surface area contributed by atoms with E-state index >= 15 is 0 Å². The lowest BCUT2D eigenvalue weighted by Gasteiger charge is -2.25. The van der Waals surface area contributed by atoms with Gasteiger partial charge in [-0.15, -0.1) is 0 Å². The molecule has 1 nitrogen and oxygen atoms in total. The summed E-state index contributed by atoms with van der Waals surface area (Å²) in [6.07, 6.45) is 10.1. The van der Waals surface area contributed by atoms with Crippen LogP contribution in [0.5, 0.6) is 0 Å². The van der Waals surface area contributed by atoms with Crippen molar-refractivity contribution in [3.8, 4) is 0 Å². The molecule has 0 spiro atoms. The highest BCUT2D eigenvalue weighted by molar-refractivity contribution is 4.91. The van der Waals surface area contributed by atoms with E-state index in [-0.39, 0.29) is 0 Å². The Labute approximate surface area is 95.0 Å². The first-order chi connectivity index (χ1) is 7.33. The molecule has 0 aromatic rings. The second-order valence-electron chi connectivity index (χ2n) is 5.74. The topological polar surface area (TPSA) is 12.0 Å². The van der Waals surface area contributed by atoms with Gasteiger partial charge in [0.1, 0.15) is 0 Å². The van der Waals surface area contributed by atoms with Crippen molar-refractivity contribution < 1.29 is 0 Å². The summed E-state index contributed by atoms with van der Waals surface area (Å²) in [4.78, 5) is 0. The minimum absolute atomic E-state index is 0.786. The molecule has 0 radical (unpaired) electrons. The van der Waals surface area contributed by atoms with E-state index in [4.69, 9.17) is 0 Å². The Balaban J connectivity index is 1.69.